The number of hydrogen-bond donors (Lipinski definition) is 2. The zero-order valence-corrected chi connectivity index (χ0v) is 9.58. The molecule has 88 valence electrons. The molecule has 1 aromatic rings. The van der Waals surface area contributed by atoms with Gasteiger partial charge in [0.15, 0.2) is 0 Å². The maximum absolute atomic E-state index is 11.2. The van der Waals surface area contributed by atoms with Crippen LogP contribution in [0.4, 0.5) is 4.79 Å². The topological polar surface area (TPSA) is 71.3 Å². The maximum Gasteiger partial charge on any atom is 0.321 e. The number of nitrogens with one attached hydrogen (secondary N) is 2. The molecule has 3 amide bonds. The molecule has 0 aliphatic rings. The molecule has 0 spiro atoms. The first-order valence-corrected chi connectivity index (χ1v) is 5.28. The summed E-state index contributed by atoms with van der Waals surface area (Å²) in [5.74, 6) is 0.259. The van der Waals surface area contributed by atoms with Gasteiger partial charge >= 0.3 is 6.03 Å². The van der Waals surface area contributed by atoms with Gasteiger partial charge in [-0.2, -0.15) is 0 Å². The number of halogens is 1. The van der Waals surface area contributed by atoms with Gasteiger partial charge in [0.05, 0.1) is 6.26 Å². The molecule has 16 heavy (non-hydrogen) atoms. The number of carbonyl (C=O) groups is 2. The van der Waals surface area contributed by atoms with E-state index in [0.717, 1.165) is 5.76 Å². The van der Waals surface area contributed by atoms with Crippen LogP contribution in [0.2, 0.25) is 0 Å². The van der Waals surface area contributed by atoms with Crippen LogP contribution in [0.3, 0.4) is 0 Å². The van der Waals surface area contributed by atoms with E-state index >= 15 is 0 Å². The zero-order valence-electron chi connectivity index (χ0n) is 8.83. The molecule has 1 unspecified atom stereocenters. The van der Waals surface area contributed by atoms with Crippen LogP contribution in [0.5, 0.6) is 0 Å². The molecule has 5 nitrogen and oxygen atoms in total. The van der Waals surface area contributed by atoms with Gasteiger partial charge in [-0.1, -0.05) is 0 Å². The summed E-state index contributed by atoms with van der Waals surface area (Å²) in [6, 6.07) is 3.03. The van der Waals surface area contributed by atoms with Gasteiger partial charge in [-0.15, -0.1) is 11.6 Å². The first kappa shape index (κ1) is 12.6. The highest BCUT2D eigenvalue weighted by atomic mass is 35.5. The fourth-order valence-corrected chi connectivity index (χ4v) is 1.06. The summed E-state index contributed by atoms with van der Waals surface area (Å²) in [6.45, 7) is 1.89. The van der Waals surface area contributed by atoms with Crippen LogP contribution in [-0.4, -0.2) is 23.9 Å². The van der Waals surface area contributed by atoms with Gasteiger partial charge in [0, 0.05) is 13.0 Å². The highest BCUT2D eigenvalue weighted by molar-refractivity contribution is 6.31. The summed E-state index contributed by atoms with van der Waals surface area (Å²) in [4.78, 5) is 22.2. The van der Waals surface area contributed by atoms with Crippen LogP contribution in [0, 0.1) is 0 Å². The van der Waals surface area contributed by atoms with Crippen molar-refractivity contribution in [1.29, 1.82) is 0 Å². The monoisotopic (exact) mass is 244 g/mol. The van der Waals surface area contributed by atoms with Crippen LogP contribution in [0.25, 0.3) is 0 Å². The number of rotatable bonds is 4. The van der Waals surface area contributed by atoms with E-state index < -0.39 is 17.3 Å². The second kappa shape index (κ2) is 6.17. The lowest BCUT2D eigenvalue weighted by atomic mass is 10.3. The van der Waals surface area contributed by atoms with Gasteiger partial charge in [0.2, 0.25) is 5.91 Å². The lowest BCUT2D eigenvalue weighted by Gasteiger charge is -2.06. The van der Waals surface area contributed by atoms with Crippen LogP contribution in [0.1, 0.15) is 12.7 Å². The van der Waals surface area contributed by atoms with E-state index in [1.54, 1.807) is 12.3 Å². The Morgan fingerprint density at radius 2 is 2.31 bits per heavy atom. The fraction of sp³-hybridized carbons (Fsp3) is 0.400. The highest BCUT2D eigenvalue weighted by Gasteiger charge is 2.12. The van der Waals surface area contributed by atoms with Crippen LogP contribution < -0.4 is 10.6 Å². The summed E-state index contributed by atoms with van der Waals surface area (Å²) < 4.78 is 5.07. The third-order valence-corrected chi connectivity index (χ3v) is 2.03. The van der Waals surface area contributed by atoms with Crippen molar-refractivity contribution in [3.8, 4) is 0 Å². The predicted octanol–water partition coefficient (Wildman–Crippen LogP) is 1.28. The molecule has 0 fully saturated rings. The molecule has 0 aromatic carbocycles. The number of urea groups is 1. The zero-order chi connectivity index (χ0) is 12.0. The Bertz CT molecular complexity index is 349. The van der Waals surface area contributed by atoms with Crippen molar-refractivity contribution in [2.24, 2.45) is 0 Å². The second-order valence-electron chi connectivity index (χ2n) is 3.19. The van der Waals surface area contributed by atoms with E-state index in [2.05, 4.69) is 10.6 Å². The average molecular weight is 245 g/mol. The third-order valence-electron chi connectivity index (χ3n) is 1.84. The van der Waals surface area contributed by atoms with E-state index in [1.807, 2.05) is 6.07 Å². The predicted molar refractivity (Wildman–Crippen MR) is 59.3 cm³/mol. The lowest BCUT2D eigenvalue weighted by molar-refractivity contribution is -0.119. The Balaban J connectivity index is 2.18. The van der Waals surface area contributed by atoms with Gasteiger partial charge in [-0.3, -0.25) is 10.1 Å². The molecule has 2 N–H and O–H groups in total. The SMILES string of the molecule is CC(Cl)C(=O)NC(=O)NCCc1ccco1. The summed E-state index contributed by atoms with van der Waals surface area (Å²) in [6.07, 6.45) is 2.14. The molecule has 1 heterocycles. The Hall–Kier alpha value is -1.49. The van der Waals surface area contributed by atoms with Crippen LogP contribution in [0.15, 0.2) is 22.8 Å². The van der Waals surface area contributed by atoms with Gasteiger partial charge < -0.3 is 9.73 Å². The fourth-order valence-electron chi connectivity index (χ4n) is 1.01. The number of carbonyl (C=O) groups excluding carboxylic acids is 2. The van der Waals surface area contributed by atoms with E-state index in [-0.39, 0.29) is 0 Å². The van der Waals surface area contributed by atoms with Crippen LogP contribution >= 0.6 is 11.6 Å². The van der Waals surface area contributed by atoms with Crippen molar-refractivity contribution in [3.63, 3.8) is 0 Å². The van der Waals surface area contributed by atoms with E-state index in [0.29, 0.717) is 13.0 Å². The largest absolute Gasteiger partial charge is 0.469 e. The van der Waals surface area contributed by atoms with Gasteiger partial charge in [0.1, 0.15) is 11.1 Å². The minimum absolute atomic E-state index is 0.392. The summed E-state index contributed by atoms with van der Waals surface area (Å²) in [5.41, 5.74) is 0. The molecule has 0 aliphatic heterocycles. The van der Waals surface area contributed by atoms with Gasteiger partial charge in [0.25, 0.3) is 0 Å². The van der Waals surface area contributed by atoms with Crippen molar-refractivity contribution < 1.29 is 14.0 Å². The second-order valence-corrected chi connectivity index (χ2v) is 3.85. The van der Waals surface area contributed by atoms with Crippen LogP contribution in [-0.2, 0) is 11.2 Å². The highest BCUT2D eigenvalue weighted by Crippen LogP contribution is 1.99. The molecule has 0 bridgehead atoms. The first-order valence-electron chi connectivity index (χ1n) is 4.84. The Kier molecular flexibility index (Phi) is 4.85. The smallest absolute Gasteiger partial charge is 0.321 e. The molecular weight excluding hydrogens is 232 g/mol. The maximum atomic E-state index is 11.2. The molecule has 1 aromatic heterocycles. The van der Waals surface area contributed by atoms with Crippen molar-refractivity contribution >= 4 is 23.5 Å². The Labute approximate surface area is 98.1 Å². The van der Waals surface area contributed by atoms with Gasteiger partial charge in [-0.25, -0.2) is 4.79 Å². The third kappa shape index (κ3) is 4.35. The van der Waals surface area contributed by atoms with Crippen molar-refractivity contribution in [2.45, 2.75) is 18.7 Å². The van der Waals surface area contributed by atoms with E-state index in [1.165, 1.54) is 6.92 Å². The molecule has 0 aliphatic carbocycles. The molecule has 0 radical (unpaired) electrons. The Morgan fingerprint density at radius 1 is 1.56 bits per heavy atom. The summed E-state index contributed by atoms with van der Waals surface area (Å²) >= 11 is 5.48. The molecule has 0 saturated heterocycles. The first-order chi connectivity index (χ1) is 7.59. The summed E-state index contributed by atoms with van der Waals surface area (Å²) in [5, 5.41) is 3.90. The van der Waals surface area contributed by atoms with E-state index in [4.69, 9.17) is 16.0 Å². The summed E-state index contributed by atoms with van der Waals surface area (Å²) in [7, 11) is 0. The normalized spacial score (nSPS) is 11.9. The van der Waals surface area contributed by atoms with Gasteiger partial charge in [-0.05, 0) is 19.1 Å². The van der Waals surface area contributed by atoms with E-state index in [9.17, 15) is 9.59 Å². The molecule has 0 saturated carbocycles. The number of amides is 3. The molecule has 1 atom stereocenters. The minimum Gasteiger partial charge on any atom is -0.469 e. The lowest BCUT2D eigenvalue weighted by Crippen LogP contribution is -2.42. The number of furan rings is 1. The quantitative estimate of drug-likeness (QED) is 0.784. The number of hydrogen-bond acceptors (Lipinski definition) is 3. The molecular formula is C10H13ClN2O3. The molecule has 1 rings (SSSR count). The Morgan fingerprint density at radius 3 is 2.88 bits per heavy atom. The molecule has 6 heteroatoms. The van der Waals surface area contributed by atoms with Crippen molar-refractivity contribution in [2.75, 3.05) is 6.54 Å². The number of imide groups is 1. The standard InChI is InChI=1S/C10H13ClN2O3/c1-7(11)9(14)13-10(15)12-5-4-8-3-2-6-16-8/h2-3,6-7H,4-5H2,1H3,(H2,12,13,14,15). The average Bonchev–Trinajstić information content (AvgIpc) is 2.70. The number of alkyl halides is 1. The minimum atomic E-state index is -0.726. The van der Waals surface area contributed by atoms with Crippen molar-refractivity contribution in [3.05, 3.63) is 24.2 Å². The van der Waals surface area contributed by atoms with Crippen molar-refractivity contribution in [1.82, 2.24) is 10.6 Å².